The predicted octanol–water partition coefficient (Wildman–Crippen LogP) is 4.77. The van der Waals surface area contributed by atoms with Crippen molar-refractivity contribution in [2.24, 2.45) is 0 Å². The van der Waals surface area contributed by atoms with Gasteiger partial charge >= 0.3 is 0 Å². The summed E-state index contributed by atoms with van der Waals surface area (Å²) in [6.07, 6.45) is 0.676. The number of benzene rings is 2. The van der Waals surface area contributed by atoms with E-state index in [0.717, 1.165) is 16.3 Å². The first kappa shape index (κ1) is 20.0. The van der Waals surface area contributed by atoms with Crippen LogP contribution < -0.4 is 5.32 Å². The summed E-state index contributed by atoms with van der Waals surface area (Å²) in [5.74, 6) is -0.983. The molecule has 1 atom stereocenters. The molecule has 1 aromatic heterocycles. The van der Waals surface area contributed by atoms with Crippen molar-refractivity contribution < 1.29 is 14.4 Å². The molecule has 0 saturated heterocycles. The Bertz CT molecular complexity index is 1150. The van der Waals surface area contributed by atoms with Gasteiger partial charge in [0.15, 0.2) is 0 Å². The summed E-state index contributed by atoms with van der Waals surface area (Å²) in [5.41, 5.74) is 3.48. The molecule has 30 heavy (non-hydrogen) atoms. The lowest BCUT2D eigenvalue weighted by atomic mass is 10.1. The number of amides is 3. The van der Waals surface area contributed by atoms with Gasteiger partial charge in [-0.1, -0.05) is 19.1 Å². The minimum absolute atomic E-state index is 0.185. The summed E-state index contributed by atoms with van der Waals surface area (Å²) in [6.45, 7) is 5.72. The zero-order valence-corrected chi connectivity index (χ0v) is 17.7. The summed E-state index contributed by atoms with van der Waals surface area (Å²) in [5, 5.41) is 5.83. The molecule has 1 aliphatic rings. The molecule has 0 spiro atoms. The van der Waals surface area contributed by atoms with Crippen molar-refractivity contribution in [3.05, 3.63) is 69.5 Å². The topological polar surface area (TPSA) is 79.4 Å². The number of aryl methyl sites for hydroxylation is 1. The van der Waals surface area contributed by atoms with E-state index in [1.54, 1.807) is 23.5 Å². The van der Waals surface area contributed by atoms with E-state index < -0.39 is 0 Å². The lowest BCUT2D eigenvalue weighted by molar-refractivity contribution is 0.0593. The molecular formula is C23H21N3O3S. The number of imide groups is 1. The zero-order chi connectivity index (χ0) is 21.4. The Labute approximate surface area is 178 Å². The van der Waals surface area contributed by atoms with Crippen LogP contribution in [0.25, 0.3) is 11.3 Å². The minimum Gasteiger partial charge on any atom is -0.322 e. The van der Waals surface area contributed by atoms with Crippen LogP contribution >= 0.6 is 11.3 Å². The Kier molecular flexibility index (Phi) is 5.22. The van der Waals surface area contributed by atoms with Gasteiger partial charge in [-0.25, -0.2) is 4.98 Å². The molecule has 6 nitrogen and oxygen atoms in total. The summed E-state index contributed by atoms with van der Waals surface area (Å²) in [4.78, 5) is 43.6. The minimum atomic E-state index is -0.345. The number of aromatic nitrogens is 1. The number of nitrogens with one attached hydrogen (secondary N) is 1. The fourth-order valence-corrected chi connectivity index (χ4v) is 4.03. The van der Waals surface area contributed by atoms with Gasteiger partial charge in [-0.2, -0.15) is 0 Å². The zero-order valence-electron chi connectivity index (χ0n) is 16.9. The Morgan fingerprint density at radius 3 is 2.43 bits per heavy atom. The molecule has 0 bridgehead atoms. The van der Waals surface area contributed by atoms with E-state index in [1.807, 2.05) is 50.4 Å². The van der Waals surface area contributed by atoms with E-state index in [-0.39, 0.29) is 29.3 Å². The van der Waals surface area contributed by atoms with Crippen molar-refractivity contribution in [3.63, 3.8) is 0 Å². The molecule has 4 rings (SSSR count). The van der Waals surface area contributed by atoms with E-state index in [2.05, 4.69) is 10.3 Å². The molecule has 0 fully saturated rings. The highest BCUT2D eigenvalue weighted by Crippen LogP contribution is 2.27. The Morgan fingerprint density at radius 2 is 1.80 bits per heavy atom. The van der Waals surface area contributed by atoms with Crippen LogP contribution in [-0.2, 0) is 0 Å². The van der Waals surface area contributed by atoms with Crippen molar-refractivity contribution in [1.29, 1.82) is 0 Å². The number of carbonyl (C=O) groups excluding carboxylic acids is 3. The van der Waals surface area contributed by atoms with Gasteiger partial charge in [0.05, 0.1) is 21.8 Å². The maximum Gasteiger partial charge on any atom is 0.261 e. The predicted molar refractivity (Wildman–Crippen MR) is 117 cm³/mol. The number of fused-ring (bicyclic) bond motifs is 1. The first-order valence-electron chi connectivity index (χ1n) is 9.75. The molecule has 0 aliphatic carbocycles. The highest BCUT2D eigenvalue weighted by molar-refractivity contribution is 7.09. The van der Waals surface area contributed by atoms with Gasteiger partial charge in [-0.05, 0) is 50.6 Å². The van der Waals surface area contributed by atoms with E-state index in [9.17, 15) is 14.4 Å². The number of carbonyl (C=O) groups is 3. The number of rotatable bonds is 5. The third-order valence-corrected chi connectivity index (χ3v) is 6.04. The average Bonchev–Trinajstić information content (AvgIpc) is 3.29. The van der Waals surface area contributed by atoms with Crippen molar-refractivity contribution in [2.45, 2.75) is 33.2 Å². The molecule has 0 saturated carbocycles. The van der Waals surface area contributed by atoms with Crippen LogP contribution in [0.3, 0.4) is 0 Å². The molecule has 0 radical (unpaired) electrons. The van der Waals surface area contributed by atoms with Crippen LogP contribution in [0.2, 0.25) is 0 Å². The Hall–Kier alpha value is -3.32. The molecular weight excluding hydrogens is 398 g/mol. The van der Waals surface area contributed by atoms with Gasteiger partial charge in [-0.15, -0.1) is 11.3 Å². The molecule has 3 aromatic rings. The Balaban J connectivity index is 1.52. The maximum absolute atomic E-state index is 12.7. The number of anilines is 1. The molecule has 2 heterocycles. The van der Waals surface area contributed by atoms with Gasteiger partial charge in [0.1, 0.15) is 0 Å². The second-order valence-electron chi connectivity index (χ2n) is 7.28. The lowest BCUT2D eigenvalue weighted by Crippen LogP contribution is -2.37. The van der Waals surface area contributed by atoms with Crippen LogP contribution in [0, 0.1) is 6.92 Å². The van der Waals surface area contributed by atoms with Crippen molar-refractivity contribution in [3.8, 4) is 11.3 Å². The second kappa shape index (κ2) is 7.84. The van der Waals surface area contributed by atoms with Crippen LogP contribution in [0.4, 0.5) is 5.69 Å². The van der Waals surface area contributed by atoms with Crippen LogP contribution in [0.5, 0.6) is 0 Å². The number of nitrogens with zero attached hydrogens (tertiary/aromatic N) is 2. The quantitative estimate of drug-likeness (QED) is 0.605. The summed E-state index contributed by atoms with van der Waals surface area (Å²) in [7, 11) is 0. The van der Waals surface area contributed by atoms with Gasteiger partial charge in [0.2, 0.25) is 0 Å². The van der Waals surface area contributed by atoms with Crippen molar-refractivity contribution in [2.75, 3.05) is 5.32 Å². The third-order valence-electron chi connectivity index (χ3n) is 5.27. The van der Waals surface area contributed by atoms with Crippen molar-refractivity contribution >= 4 is 34.7 Å². The molecule has 1 N–H and O–H groups in total. The van der Waals surface area contributed by atoms with Gasteiger partial charge in [0.25, 0.3) is 17.7 Å². The standard InChI is InChI=1S/C23H21N3O3S/c1-4-13(2)26-22(28)18-10-7-16(11-19(18)23(26)29)21(27)25-17-8-5-15(6-9-17)20-12-30-14(3)24-20/h5-13H,4H2,1-3H3,(H,25,27). The molecule has 1 unspecified atom stereocenters. The highest BCUT2D eigenvalue weighted by atomic mass is 32.1. The molecule has 1 aliphatic heterocycles. The van der Waals surface area contributed by atoms with Crippen LogP contribution in [0.1, 0.15) is 56.3 Å². The molecule has 7 heteroatoms. The molecule has 2 aromatic carbocycles. The lowest BCUT2D eigenvalue weighted by Gasteiger charge is -2.20. The van der Waals surface area contributed by atoms with E-state index >= 15 is 0 Å². The first-order chi connectivity index (χ1) is 14.4. The van der Waals surface area contributed by atoms with Crippen LogP contribution in [0.15, 0.2) is 47.8 Å². The van der Waals surface area contributed by atoms with E-state index in [0.29, 0.717) is 23.2 Å². The first-order valence-corrected chi connectivity index (χ1v) is 10.6. The number of thiazole rings is 1. The molecule has 3 amide bonds. The fourth-order valence-electron chi connectivity index (χ4n) is 3.41. The monoisotopic (exact) mass is 419 g/mol. The highest BCUT2D eigenvalue weighted by Gasteiger charge is 2.38. The largest absolute Gasteiger partial charge is 0.322 e. The summed E-state index contributed by atoms with van der Waals surface area (Å²) < 4.78 is 0. The van der Waals surface area contributed by atoms with Gasteiger partial charge < -0.3 is 5.32 Å². The average molecular weight is 420 g/mol. The third kappa shape index (κ3) is 3.52. The summed E-state index contributed by atoms with van der Waals surface area (Å²) in [6, 6.07) is 11.9. The van der Waals surface area contributed by atoms with E-state index in [1.165, 1.54) is 11.0 Å². The maximum atomic E-state index is 12.7. The molecule has 152 valence electrons. The van der Waals surface area contributed by atoms with Crippen LogP contribution in [-0.4, -0.2) is 33.6 Å². The summed E-state index contributed by atoms with van der Waals surface area (Å²) >= 11 is 1.59. The van der Waals surface area contributed by atoms with Gasteiger partial charge in [0, 0.05) is 28.2 Å². The van der Waals surface area contributed by atoms with Crippen molar-refractivity contribution in [1.82, 2.24) is 9.88 Å². The Morgan fingerprint density at radius 1 is 1.10 bits per heavy atom. The smallest absolute Gasteiger partial charge is 0.261 e. The second-order valence-corrected chi connectivity index (χ2v) is 8.34. The number of hydrogen-bond acceptors (Lipinski definition) is 5. The fraction of sp³-hybridized carbons (Fsp3) is 0.217. The van der Waals surface area contributed by atoms with E-state index in [4.69, 9.17) is 0 Å². The normalized spacial score (nSPS) is 14.0. The number of hydrogen-bond donors (Lipinski definition) is 1. The SMILES string of the molecule is CCC(C)N1C(=O)c2ccc(C(=O)Nc3ccc(-c4csc(C)n4)cc3)cc2C1=O. The van der Waals surface area contributed by atoms with Gasteiger partial charge in [-0.3, -0.25) is 19.3 Å².